The highest BCUT2D eigenvalue weighted by Crippen LogP contribution is 1.31. The van der Waals surface area contributed by atoms with Gasteiger partial charge in [-0.2, -0.15) is 0 Å². The van der Waals surface area contributed by atoms with Gasteiger partial charge in [0.05, 0.1) is 0 Å². The van der Waals surface area contributed by atoms with Crippen molar-refractivity contribution in [3.63, 3.8) is 0 Å². The molecule has 0 saturated carbocycles. The third-order valence-electron chi connectivity index (χ3n) is 0. The number of aliphatic carboxylic acids is 1. The Labute approximate surface area is 40.3 Å². The second kappa shape index (κ2) is 3.43. The zero-order valence-corrected chi connectivity index (χ0v) is 2.26. The predicted octanol–water partition coefficient (Wildman–Crippen LogP) is -0.868. The van der Waals surface area contributed by atoms with E-state index in [2.05, 4.69) is 0 Å². The average molecular weight is 86.1 g/mol. The fourth-order valence-corrected chi connectivity index (χ4v) is 0. The molecule has 0 aromatic carbocycles. The summed E-state index contributed by atoms with van der Waals surface area (Å²) < 4.78 is 41.7. The van der Waals surface area contributed by atoms with Gasteiger partial charge in [-0.15, -0.1) is 0 Å². The van der Waals surface area contributed by atoms with Crippen LogP contribution >= 0.6 is 0 Å². The quantitative estimate of drug-likeness (QED) is 0.389. The van der Waals surface area contributed by atoms with Gasteiger partial charge in [-0.05, 0) is 6.85 Å². The Morgan fingerprint density at radius 3 is 2.80 bits per heavy atom. The number of rotatable bonds is 0. The smallest absolute Gasteiger partial charge is 0.342 e. The summed E-state index contributed by atoms with van der Waals surface area (Å²) in [5, 5.41) is 9.35. The lowest BCUT2D eigenvalue weighted by molar-refractivity contribution is -0.302. The fourth-order valence-electron chi connectivity index (χ4n) is 0. The summed E-state index contributed by atoms with van der Waals surface area (Å²) in [5.74, 6) is -2.01. The van der Waals surface area contributed by atoms with Crippen LogP contribution in [0.4, 0.5) is 0 Å². The molecule has 0 amide bonds. The van der Waals surface area contributed by atoms with Crippen LogP contribution in [0.15, 0.2) is 0 Å². The molecular weight excluding hydrogens is 72.0 g/mol. The molecule has 0 atom stereocenters. The number of hydrogen-bond donors (Lipinski definition) is 1. The normalized spacial score (nSPS) is 29.2. The second-order valence-corrected chi connectivity index (χ2v) is 0.287. The topological polar surface area (TPSA) is 76.6 Å². The Balaban J connectivity index is 0. The summed E-state index contributed by atoms with van der Waals surface area (Å²) >= 11 is 0. The number of carboxylic acid groups (broad SMARTS) is 1. The van der Waals surface area contributed by atoms with Crippen molar-refractivity contribution in [1.82, 2.24) is 6.12 Å². The van der Waals surface area contributed by atoms with Gasteiger partial charge in [-0.3, -0.25) is 0 Å². The first kappa shape index (κ1) is 0.586. The van der Waals surface area contributed by atoms with Gasteiger partial charge in [0.2, 0.25) is 0 Å². The van der Waals surface area contributed by atoms with Gasteiger partial charge >= 0.3 is 5.65 Å². The molecule has 0 aliphatic heterocycles. The van der Waals surface area contributed by atoms with Crippen LogP contribution in [0.25, 0.3) is 0 Å². The number of carbonyl (C=O) groups excluding carboxylic acids is 1. The maximum absolute atomic E-state index is 9.35. The molecule has 4 N–H and O–H groups in total. The molecule has 0 aromatic heterocycles. The van der Waals surface area contributed by atoms with Crippen molar-refractivity contribution in [2.75, 3.05) is 0 Å². The molecule has 3 nitrogen and oxygen atoms in total. The largest absolute Gasteiger partial charge is 0.550 e. The lowest BCUT2D eigenvalue weighted by Crippen LogP contribution is -2.16. The standard InChI is InChI=1S/C2H4O2.H3N/c1-2(3)4;/h1H3,(H,3,4);1H3/i1+1D3,2+1;/hD4. The maximum Gasteiger partial charge on any atom is 0.342 e. The van der Waals surface area contributed by atoms with Gasteiger partial charge in [-0.25, -0.2) is 0 Å². The van der Waals surface area contributed by atoms with E-state index >= 15 is 0 Å². The molecule has 0 bridgehead atoms. The second-order valence-electron chi connectivity index (χ2n) is 0.287. The first-order chi connectivity index (χ1) is 4.94. The van der Waals surface area contributed by atoms with Crippen molar-refractivity contribution >= 4 is 5.97 Å². The van der Waals surface area contributed by atoms with Gasteiger partial charge in [0.25, 0.3) is 0 Å². The molecule has 0 fully saturated rings. The molecule has 0 aromatic rings. The molecular formula is C2H7NO2. The Morgan fingerprint density at radius 2 is 2.80 bits per heavy atom. The van der Waals surface area contributed by atoms with Gasteiger partial charge in [0.1, 0.15) is 0 Å². The van der Waals surface area contributed by atoms with Crippen molar-refractivity contribution in [2.45, 2.75) is 6.85 Å². The Kier molecular flexibility index (Phi) is 0.402. The van der Waals surface area contributed by atoms with Crippen LogP contribution in [0.2, 0.25) is 5.65 Å². The Hall–Kier alpha value is -0.570. The molecule has 0 rings (SSSR count). The van der Waals surface area contributed by atoms with Gasteiger partial charge in [0.15, 0.2) is 0 Å². The van der Waals surface area contributed by atoms with E-state index in [1.54, 1.807) is 0 Å². The van der Waals surface area contributed by atoms with Crippen LogP contribution in [0, 0.1) is 0 Å². The summed E-state index contributed by atoms with van der Waals surface area (Å²) in [4.78, 5) is 9.35. The van der Waals surface area contributed by atoms with E-state index in [9.17, 15) is 9.90 Å². The minimum atomic E-state index is -2.94. The molecule has 0 aliphatic carbocycles. The van der Waals surface area contributed by atoms with Crippen LogP contribution in [0.1, 0.15) is 11.0 Å². The monoisotopic (exact) mass is 86.1 g/mol. The highest BCUT2D eigenvalue weighted by Gasteiger charge is 1.46. The van der Waals surface area contributed by atoms with E-state index in [0.29, 0.717) is 0 Å². The summed E-state index contributed by atoms with van der Waals surface area (Å²) in [7, 11) is 0. The molecule has 0 unspecified atom stereocenters. The SMILES string of the molecule is [2H][13C]([2H])([2H])[13C](=O)[O-].[2H][N+]([2H])([2H])[2H]. The van der Waals surface area contributed by atoms with E-state index in [4.69, 9.17) is 9.76 Å². The van der Waals surface area contributed by atoms with Gasteiger partial charge < -0.3 is 16.0 Å². The fraction of sp³-hybridized carbons (Fsp3) is 0.500. The van der Waals surface area contributed by atoms with Crippen LogP contribution in [0.5, 0.6) is 0 Å². The summed E-state index contributed by atoms with van der Waals surface area (Å²) in [5.41, 5.74) is 0. The zero-order valence-electron chi connectivity index (χ0n) is 9.26. The summed E-state index contributed by atoms with van der Waals surface area (Å²) in [6, 6.07) is 0. The Bertz CT molecular complexity index is 140. The van der Waals surface area contributed by atoms with Crippen molar-refractivity contribution in [1.29, 1.82) is 0 Å². The molecule has 0 radical (unpaired) electrons. The van der Waals surface area contributed by atoms with E-state index in [-0.39, 0.29) is 0 Å². The Morgan fingerprint density at radius 1 is 2.60 bits per heavy atom. The van der Waals surface area contributed by atoms with Crippen LogP contribution in [0.3, 0.4) is 0 Å². The molecule has 0 saturated heterocycles. The number of carbonyl (C=O) groups is 1. The van der Waals surface area contributed by atoms with Crippen molar-refractivity contribution in [2.24, 2.45) is 0 Å². The minimum absolute atomic E-state index is 2.00. The van der Waals surface area contributed by atoms with Crippen molar-refractivity contribution in [3.8, 4) is 0 Å². The summed E-state index contributed by atoms with van der Waals surface area (Å²) in [6.45, 7) is -2.94. The molecule has 32 valence electrons. The van der Waals surface area contributed by atoms with Crippen LogP contribution in [-0.2, 0) is 4.79 Å². The third-order valence-corrected chi connectivity index (χ3v) is 0. The molecule has 0 aliphatic rings. The highest BCUT2D eigenvalue weighted by molar-refractivity contribution is 5.60. The van der Waals surface area contributed by atoms with Crippen LogP contribution in [-0.4, -0.2) is 5.97 Å². The van der Waals surface area contributed by atoms with E-state index in [1.807, 2.05) is 0 Å². The maximum atomic E-state index is 9.35. The highest BCUT2D eigenvalue weighted by atomic mass is 16.5. The third kappa shape index (κ3) is 21.6. The van der Waals surface area contributed by atoms with E-state index in [1.165, 1.54) is 0 Å². The van der Waals surface area contributed by atoms with Crippen molar-refractivity contribution in [3.05, 3.63) is 0 Å². The number of hydrogen-bond acceptors (Lipinski definition) is 2. The first-order valence-electron chi connectivity index (χ1n) is 3.95. The molecule has 0 heterocycles. The minimum Gasteiger partial charge on any atom is -0.550 e. The first-order valence-corrected chi connectivity index (χ1v) is 0.658. The molecule has 0 spiro atoms. The molecule has 3 heteroatoms. The van der Waals surface area contributed by atoms with Crippen molar-refractivity contribution < 1.29 is 19.7 Å². The lowest BCUT2D eigenvalue weighted by Gasteiger charge is -1.77. The lowest BCUT2D eigenvalue weighted by atomic mass is 11.8. The average Bonchev–Trinajstić information content (AvgIpc) is 1.55. The number of carboxylic acids is 1. The van der Waals surface area contributed by atoms with Gasteiger partial charge in [-0.1, -0.05) is 0 Å². The van der Waals surface area contributed by atoms with E-state index in [0.717, 1.165) is 0 Å². The zero-order chi connectivity index (χ0) is 10.6. The predicted molar refractivity (Wildman–Crippen MR) is 16.7 cm³/mol. The summed E-state index contributed by atoms with van der Waals surface area (Å²) in [6.07, 6.45) is -2.00. The molecule has 5 heavy (non-hydrogen) atoms. The number of quaternary nitrogens is 1. The van der Waals surface area contributed by atoms with Gasteiger partial charge in [0, 0.05) is 10.1 Å². The van der Waals surface area contributed by atoms with E-state index < -0.39 is 18.9 Å². The van der Waals surface area contributed by atoms with Crippen LogP contribution < -0.4 is 11.2 Å².